The lowest BCUT2D eigenvalue weighted by molar-refractivity contribution is -0.142. The van der Waals surface area contributed by atoms with Crippen molar-refractivity contribution in [2.75, 3.05) is 62.3 Å². The molecule has 58 heavy (non-hydrogen) atoms. The predicted molar refractivity (Wildman–Crippen MR) is 225 cm³/mol. The number of methoxy groups -OCH3 is 2. The summed E-state index contributed by atoms with van der Waals surface area (Å²) in [5, 5.41) is 8.69. The first-order chi connectivity index (χ1) is 27.2. The molecule has 4 rings (SSSR count). The topological polar surface area (TPSA) is 166 Å². The summed E-state index contributed by atoms with van der Waals surface area (Å²) in [4.78, 5) is 23.1. The predicted octanol–water partition coefficient (Wildman–Crippen LogP) is 7.14. The Hall–Kier alpha value is -4.96. The van der Waals surface area contributed by atoms with Crippen LogP contribution in [0.5, 0.6) is 11.5 Å². The number of hydrogen-bond acceptors (Lipinski definition) is 10. The van der Waals surface area contributed by atoms with E-state index in [1.54, 1.807) is 114 Å². The van der Waals surface area contributed by atoms with E-state index in [0.29, 0.717) is 51.5 Å². The summed E-state index contributed by atoms with van der Waals surface area (Å²) in [7, 11) is -4.67. The van der Waals surface area contributed by atoms with Crippen molar-refractivity contribution in [1.82, 2.24) is 0 Å². The van der Waals surface area contributed by atoms with Crippen molar-refractivity contribution in [3.8, 4) is 11.5 Å². The summed E-state index contributed by atoms with van der Waals surface area (Å²) in [5.41, 5.74) is 3.27. The summed E-state index contributed by atoms with van der Waals surface area (Å²) in [5.74, 6) is 0.0929. The lowest BCUT2D eigenvalue weighted by Gasteiger charge is -2.26. The SMILES string of the molecule is COc1cc(C)c(S(=O)(=O)N(CCOCC(=O)CC(C)(C)C)c2ccccc2)c(C)c1.COc1cc(C)c(S(=O)(=O)N(CCOCC(=O)O)c2ccccc2)c(C)c1. The molecule has 1 N–H and O–H groups in total. The molecule has 0 aliphatic heterocycles. The van der Waals surface area contributed by atoms with Crippen LogP contribution in [0.4, 0.5) is 11.4 Å². The zero-order chi connectivity index (χ0) is 43.3. The fourth-order valence-corrected chi connectivity index (χ4v) is 10.1. The fraction of sp³-hybridized carbons (Fsp3) is 0.395. The molecule has 0 radical (unpaired) electrons. The minimum atomic E-state index is -3.89. The Balaban J connectivity index is 0.000000313. The van der Waals surface area contributed by atoms with Crippen LogP contribution >= 0.6 is 0 Å². The van der Waals surface area contributed by atoms with E-state index in [-0.39, 0.29) is 53.9 Å². The average Bonchev–Trinajstić information content (AvgIpc) is 3.13. The van der Waals surface area contributed by atoms with Gasteiger partial charge in [0, 0.05) is 6.42 Å². The second kappa shape index (κ2) is 21.2. The maximum absolute atomic E-state index is 13.7. The Kier molecular flexibility index (Phi) is 17.3. The summed E-state index contributed by atoms with van der Waals surface area (Å²) >= 11 is 0. The van der Waals surface area contributed by atoms with Gasteiger partial charge in [-0.05, 0) is 104 Å². The Labute approximate surface area is 343 Å². The van der Waals surface area contributed by atoms with Gasteiger partial charge in [0.05, 0.1) is 61.7 Å². The first-order valence-electron chi connectivity index (χ1n) is 18.6. The number of aliphatic carboxylic acids is 1. The second-order valence-electron chi connectivity index (χ2n) is 14.8. The van der Waals surface area contributed by atoms with Crippen LogP contribution in [0.1, 0.15) is 49.4 Å². The fourth-order valence-electron chi connectivity index (χ4n) is 6.34. The van der Waals surface area contributed by atoms with Crippen molar-refractivity contribution in [2.45, 2.75) is 64.7 Å². The number of anilines is 2. The highest BCUT2D eigenvalue weighted by molar-refractivity contribution is 7.93. The molecule has 316 valence electrons. The van der Waals surface area contributed by atoms with Crippen LogP contribution in [0.2, 0.25) is 0 Å². The number of nitrogens with zero attached hydrogens (tertiary/aromatic N) is 2. The molecule has 0 spiro atoms. The van der Waals surface area contributed by atoms with E-state index >= 15 is 0 Å². The average molecular weight is 841 g/mol. The van der Waals surface area contributed by atoms with Gasteiger partial charge in [-0.15, -0.1) is 0 Å². The van der Waals surface area contributed by atoms with Crippen molar-refractivity contribution < 1.29 is 50.5 Å². The molecular weight excluding hydrogens is 785 g/mol. The zero-order valence-electron chi connectivity index (χ0n) is 34.8. The summed E-state index contributed by atoms with van der Waals surface area (Å²) < 4.78 is 77.8. The lowest BCUT2D eigenvalue weighted by Crippen LogP contribution is -2.35. The number of ketones is 1. The van der Waals surface area contributed by atoms with Crippen LogP contribution in [0.3, 0.4) is 0 Å². The standard InChI is InChI=1S/C24H33NO5S.C19H23NO6S/c1-18-14-22(29-6)15-19(2)23(18)31(27,28)25(20-10-8-7-9-11-20)12-13-30-17-21(26)16-24(3,4)5;1-14-11-17(25-3)12-15(2)19(14)27(23,24)20(9-10-26-13-18(21)22)16-7-5-4-6-8-16/h7-11,14-15H,12-13,16-17H2,1-6H3;4-8,11-12H,9-10,13H2,1-3H3,(H,21,22). The molecule has 0 bridgehead atoms. The van der Waals surface area contributed by atoms with Crippen molar-refractivity contribution in [1.29, 1.82) is 0 Å². The van der Waals surface area contributed by atoms with Crippen LogP contribution in [0.25, 0.3) is 0 Å². The molecule has 0 amide bonds. The summed E-state index contributed by atoms with van der Waals surface area (Å²) in [6, 6.07) is 24.3. The van der Waals surface area contributed by atoms with Crippen LogP contribution in [-0.4, -0.2) is 87.4 Å². The smallest absolute Gasteiger partial charge is 0.329 e. The molecule has 0 aromatic heterocycles. The number of ether oxygens (including phenoxy) is 4. The molecule has 0 saturated heterocycles. The van der Waals surface area contributed by atoms with Gasteiger partial charge in [-0.2, -0.15) is 0 Å². The highest BCUT2D eigenvalue weighted by Crippen LogP contribution is 2.32. The van der Waals surface area contributed by atoms with Gasteiger partial charge < -0.3 is 24.1 Å². The minimum absolute atomic E-state index is 0.00321. The highest BCUT2D eigenvalue weighted by atomic mass is 32.2. The molecule has 0 fully saturated rings. The number of sulfonamides is 2. The molecular formula is C43H56N2O11S2. The summed E-state index contributed by atoms with van der Waals surface area (Å²) in [6.45, 7) is 12.6. The van der Waals surface area contributed by atoms with E-state index in [1.807, 2.05) is 26.8 Å². The molecule has 4 aromatic carbocycles. The highest BCUT2D eigenvalue weighted by Gasteiger charge is 2.30. The monoisotopic (exact) mass is 840 g/mol. The number of Topliss-reactive ketones (excluding diaryl/α,β-unsaturated/α-hetero) is 1. The normalized spacial score (nSPS) is 11.6. The van der Waals surface area contributed by atoms with Crippen molar-refractivity contribution in [3.63, 3.8) is 0 Å². The van der Waals surface area contributed by atoms with E-state index in [9.17, 15) is 26.4 Å². The van der Waals surface area contributed by atoms with Crippen LogP contribution in [-0.2, 0) is 39.1 Å². The van der Waals surface area contributed by atoms with E-state index < -0.39 is 32.6 Å². The Bertz CT molecular complexity index is 2160. The van der Waals surface area contributed by atoms with Crippen molar-refractivity contribution >= 4 is 43.2 Å². The van der Waals surface area contributed by atoms with E-state index in [4.69, 9.17) is 24.1 Å². The number of aryl methyl sites for hydroxylation is 4. The number of carbonyl (C=O) groups excluding carboxylic acids is 1. The number of benzene rings is 4. The van der Waals surface area contributed by atoms with Crippen molar-refractivity contribution in [3.05, 3.63) is 107 Å². The van der Waals surface area contributed by atoms with E-state index in [1.165, 1.54) is 15.7 Å². The Morgan fingerprint density at radius 2 is 0.948 bits per heavy atom. The van der Waals surface area contributed by atoms with Gasteiger partial charge in [0.15, 0.2) is 5.78 Å². The molecule has 0 unspecified atom stereocenters. The first-order valence-corrected chi connectivity index (χ1v) is 21.5. The number of hydrogen-bond donors (Lipinski definition) is 1. The zero-order valence-corrected chi connectivity index (χ0v) is 36.4. The molecule has 0 saturated carbocycles. The molecule has 0 aliphatic rings. The molecule has 0 aliphatic carbocycles. The number of carboxylic acids is 1. The number of para-hydroxylation sites is 2. The van der Waals surface area contributed by atoms with Gasteiger partial charge in [0.1, 0.15) is 24.7 Å². The minimum Gasteiger partial charge on any atom is -0.497 e. The van der Waals surface area contributed by atoms with Gasteiger partial charge in [-0.3, -0.25) is 13.4 Å². The third-order valence-corrected chi connectivity index (χ3v) is 12.9. The van der Waals surface area contributed by atoms with Gasteiger partial charge in [-0.25, -0.2) is 21.6 Å². The van der Waals surface area contributed by atoms with Crippen LogP contribution in [0, 0.1) is 33.1 Å². The third kappa shape index (κ3) is 13.3. The molecule has 0 atom stereocenters. The van der Waals surface area contributed by atoms with Gasteiger partial charge in [0.25, 0.3) is 20.0 Å². The molecule has 13 nitrogen and oxygen atoms in total. The van der Waals surface area contributed by atoms with Crippen LogP contribution in [0.15, 0.2) is 94.7 Å². The van der Waals surface area contributed by atoms with Gasteiger partial charge >= 0.3 is 5.97 Å². The van der Waals surface area contributed by atoms with E-state index in [2.05, 4.69) is 0 Å². The van der Waals surface area contributed by atoms with Crippen molar-refractivity contribution in [2.24, 2.45) is 5.41 Å². The Morgan fingerprint density at radius 1 is 0.603 bits per heavy atom. The molecule has 0 heterocycles. The second-order valence-corrected chi connectivity index (χ2v) is 18.4. The first kappa shape index (κ1) is 47.4. The third-order valence-electron chi connectivity index (χ3n) is 8.62. The Morgan fingerprint density at radius 3 is 1.26 bits per heavy atom. The maximum Gasteiger partial charge on any atom is 0.329 e. The number of carbonyl (C=O) groups is 2. The lowest BCUT2D eigenvalue weighted by atomic mass is 9.90. The number of rotatable bonds is 19. The van der Waals surface area contributed by atoms with Crippen LogP contribution < -0.4 is 18.1 Å². The van der Waals surface area contributed by atoms with Gasteiger partial charge in [-0.1, -0.05) is 57.2 Å². The van der Waals surface area contributed by atoms with Gasteiger partial charge in [0.2, 0.25) is 0 Å². The largest absolute Gasteiger partial charge is 0.497 e. The summed E-state index contributed by atoms with van der Waals surface area (Å²) in [6.07, 6.45) is 0.415. The maximum atomic E-state index is 13.7. The molecule has 15 heteroatoms. The quantitative estimate of drug-likeness (QED) is 0.0955. The molecule has 4 aromatic rings. The number of carboxylic acid groups (broad SMARTS) is 1. The van der Waals surface area contributed by atoms with E-state index in [0.717, 1.165) is 0 Å².